The third-order valence-corrected chi connectivity index (χ3v) is 5.59. The first kappa shape index (κ1) is 18.4. The molecule has 4 rings (SSSR count). The number of fused-ring (bicyclic) bond motifs is 1. The van der Waals surface area contributed by atoms with Gasteiger partial charge in [-0.05, 0) is 23.8 Å². The zero-order valence-electron chi connectivity index (χ0n) is 15.0. The van der Waals surface area contributed by atoms with Gasteiger partial charge in [-0.25, -0.2) is 4.98 Å². The molecule has 0 fully saturated rings. The molecule has 7 heteroatoms. The predicted octanol–water partition coefficient (Wildman–Crippen LogP) is 4.49. The molecule has 2 heterocycles. The van der Waals surface area contributed by atoms with Gasteiger partial charge in [0.05, 0.1) is 11.1 Å². The number of pyridine rings is 1. The summed E-state index contributed by atoms with van der Waals surface area (Å²) in [6.45, 7) is 0. The van der Waals surface area contributed by atoms with Gasteiger partial charge in [-0.15, -0.1) is 11.3 Å². The van der Waals surface area contributed by atoms with Gasteiger partial charge >= 0.3 is 0 Å². The standard InChI is InChI=1S/C21H16ClN3O2S/c1-25-18-8-3-2-7-16(18)17(11-19(25)26)20(27)24-21-23-12-15(28-21)10-13-5-4-6-14(22)9-13/h2-9,11-12H,10H2,1H3,(H,23,24,27). The molecule has 0 radical (unpaired) electrons. The van der Waals surface area contributed by atoms with E-state index in [1.165, 1.54) is 22.0 Å². The molecular weight excluding hydrogens is 394 g/mol. The van der Waals surface area contributed by atoms with Gasteiger partial charge in [0, 0.05) is 41.0 Å². The molecule has 0 atom stereocenters. The van der Waals surface area contributed by atoms with Crippen molar-refractivity contribution in [1.29, 1.82) is 0 Å². The quantitative estimate of drug-likeness (QED) is 0.540. The van der Waals surface area contributed by atoms with E-state index >= 15 is 0 Å². The van der Waals surface area contributed by atoms with Crippen LogP contribution in [0.2, 0.25) is 5.02 Å². The van der Waals surface area contributed by atoms with Gasteiger partial charge in [-0.1, -0.05) is 41.9 Å². The average Bonchev–Trinajstić information content (AvgIpc) is 3.11. The summed E-state index contributed by atoms with van der Waals surface area (Å²) < 4.78 is 1.53. The number of halogens is 1. The van der Waals surface area contributed by atoms with Crippen molar-refractivity contribution in [3.63, 3.8) is 0 Å². The van der Waals surface area contributed by atoms with Crippen LogP contribution in [-0.2, 0) is 13.5 Å². The van der Waals surface area contributed by atoms with Gasteiger partial charge < -0.3 is 4.57 Å². The monoisotopic (exact) mass is 409 g/mol. The van der Waals surface area contributed by atoms with Gasteiger partial charge in [0.1, 0.15) is 0 Å². The van der Waals surface area contributed by atoms with Gasteiger partial charge in [-0.2, -0.15) is 0 Å². The van der Waals surface area contributed by atoms with E-state index in [9.17, 15) is 9.59 Å². The molecular formula is C21H16ClN3O2S. The molecule has 0 aliphatic carbocycles. The maximum absolute atomic E-state index is 12.8. The molecule has 2 aromatic carbocycles. The highest BCUT2D eigenvalue weighted by atomic mass is 35.5. The number of rotatable bonds is 4. The van der Waals surface area contributed by atoms with Gasteiger partial charge in [0.15, 0.2) is 5.13 Å². The predicted molar refractivity (Wildman–Crippen MR) is 114 cm³/mol. The number of hydrogen-bond donors (Lipinski definition) is 1. The smallest absolute Gasteiger partial charge is 0.258 e. The van der Waals surface area contributed by atoms with Crippen molar-refractivity contribution in [3.05, 3.63) is 92.2 Å². The first-order valence-electron chi connectivity index (χ1n) is 8.60. The number of anilines is 1. The van der Waals surface area contributed by atoms with E-state index in [-0.39, 0.29) is 11.5 Å². The lowest BCUT2D eigenvalue weighted by molar-refractivity contribution is 0.102. The zero-order valence-corrected chi connectivity index (χ0v) is 16.6. The second-order valence-corrected chi connectivity index (χ2v) is 7.92. The largest absolute Gasteiger partial charge is 0.311 e. The Balaban J connectivity index is 1.58. The van der Waals surface area contributed by atoms with E-state index in [0.29, 0.717) is 27.7 Å². The molecule has 0 bridgehead atoms. The van der Waals surface area contributed by atoms with Gasteiger partial charge in [-0.3, -0.25) is 14.9 Å². The molecule has 28 heavy (non-hydrogen) atoms. The molecule has 0 spiro atoms. The Labute approximate surface area is 170 Å². The molecule has 1 N–H and O–H groups in total. The Morgan fingerprint density at radius 3 is 2.82 bits per heavy atom. The van der Waals surface area contributed by atoms with Crippen molar-refractivity contribution in [2.75, 3.05) is 5.32 Å². The lowest BCUT2D eigenvalue weighted by Gasteiger charge is -2.09. The maximum atomic E-state index is 12.8. The molecule has 2 aromatic heterocycles. The summed E-state index contributed by atoms with van der Waals surface area (Å²) >= 11 is 7.43. The minimum absolute atomic E-state index is 0.232. The minimum Gasteiger partial charge on any atom is -0.311 e. The molecule has 0 saturated carbocycles. The molecule has 0 aliphatic rings. The molecule has 4 aromatic rings. The Hall–Kier alpha value is -2.96. The summed E-state index contributed by atoms with van der Waals surface area (Å²) in [4.78, 5) is 30.3. The van der Waals surface area contributed by atoms with E-state index < -0.39 is 0 Å². The highest BCUT2D eigenvalue weighted by Gasteiger charge is 2.15. The van der Waals surface area contributed by atoms with Crippen LogP contribution in [0, 0.1) is 0 Å². The number of nitrogens with one attached hydrogen (secondary N) is 1. The Kier molecular flexibility index (Phi) is 4.98. The highest BCUT2D eigenvalue weighted by molar-refractivity contribution is 7.15. The summed E-state index contributed by atoms with van der Waals surface area (Å²) in [5.74, 6) is -0.349. The maximum Gasteiger partial charge on any atom is 0.258 e. The van der Waals surface area contributed by atoms with Crippen molar-refractivity contribution >= 4 is 44.9 Å². The Bertz CT molecular complexity index is 1250. The number of benzene rings is 2. The third-order valence-electron chi connectivity index (χ3n) is 4.44. The number of hydrogen-bond acceptors (Lipinski definition) is 4. The van der Waals surface area contributed by atoms with Crippen LogP contribution in [0.4, 0.5) is 5.13 Å². The van der Waals surface area contributed by atoms with Crippen molar-refractivity contribution in [2.24, 2.45) is 7.05 Å². The first-order valence-corrected chi connectivity index (χ1v) is 9.80. The zero-order chi connectivity index (χ0) is 19.7. The van der Waals surface area contributed by atoms with E-state index in [0.717, 1.165) is 15.8 Å². The van der Waals surface area contributed by atoms with Crippen molar-refractivity contribution in [3.8, 4) is 0 Å². The molecule has 5 nitrogen and oxygen atoms in total. The summed E-state index contributed by atoms with van der Waals surface area (Å²) in [5.41, 5.74) is 1.89. The van der Waals surface area contributed by atoms with Crippen LogP contribution in [0.15, 0.2) is 65.6 Å². The number of nitrogens with zero attached hydrogens (tertiary/aromatic N) is 2. The van der Waals surface area contributed by atoms with Crippen LogP contribution in [0.1, 0.15) is 20.8 Å². The van der Waals surface area contributed by atoms with E-state index in [2.05, 4.69) is 10.3 Å². The van der Waals surface area contributed by atoms with Crippen LogP contribution in [0.5, 0.6) is 0 Å². The second kappa shape index (κ2) is 7.58. The number of aryl methyl sites for hydroxylation is 1. The van der Waals surface area contributed by atoms with Crippen molar-refractivity contribution < 1.29 is 4.79 Å². The van der Waals surface area contributed by atoms with Crippen LogP contribution in [0.25, 0.3) is 10.9 Å². The minimum atomic E-state index is -0.349. The Morgan fingerprint density at radius 2 is 2.00 bits per heavy atom. The van der Waals surface area contributed by atoms with Crippen LogP contribution >= 0.6 is 22.9 Å². The second-order valence-electron chi connectivity index (χ2n) is 6.36. The first-order chi connectivity index (χ1) is 13.5. The fraction of sp³-hybridized carbons (Fsp3) is 0.0952. The number of amides is 1. The van der Waals surface area contributed by atoms with E-state index in [4.69, 9.17) is 11.6 Å². The topological polar surface area (TPSA) is 64.0 Å². The molecule has 1 amide bonds. The molecule has 0 aliphatic heterocycles. The summed E-state index contributed by atoms with van der Waals surface area (Å²) in [7, 11) is 1.69. The summed E-state index contributed by atoms with van der Waals surface area (Å²) in [6.07, 6.45) is 2.42. The van der Waals surface area contributed by atoms with Gasteiger partial charge in [0.2, 0.25) is 0 Å². The van der Waals surface area contributed by atoms with Crippen molar-refractivity contribution in [1.82, 2.24) is 9.55 Å². The Morgan fingerprint density at radius 1 is 1.18 bits per heavy atom. The number of carbonyl (C=O) groups is 1. The van der Waals surface area contributed by atoms with E-state index in [1.54, 1.807) is 13.2 Å². The molecule has 0 saturated heterocycles. The van der Waals surface area contributed by atoms with E-state index in [1.807, 2.05) is 48.5 Å². The lowest BCUT2D eigenvalue weighted by Crippen LogP contribution is -2.21. The fourth-order valence-corrected chi connectivity index (χ4v) is 4.11. The lowest BCUT2D eigenvalue weighted by atomic mass is 10.1. The van der Waals surface area contributed by atoms with Crippen LogP contribution in [-0.4, -0.2) is 15.5 Å². The van der Waals surface area contributed by atoms with Gasteiger partial charge in [0.25, 0.3) is 11.5 Å². The van der Waals surface area contributed by atoms with Crippen LogP contribution < -0.4 is 10.9 Å². The number of thiazole rings is 1. The normalized spacial score (nSPS) is 10.9. The summed E-state index contributed by atoms with van der Waals surface area (Å²) in [5, 5.41) is 4.71. The number of aromatic nitrogens is 2. The number of carbonyl (C=O) groups excluding carboxylic acids is 1. The average molecular weight is 410 g/mol. The van der Waals surface area contributed by atoms with Crippen molar-refractivity contribution in [2.45, 2.75) is 6.42 Å². The molecule has 140 valence electrons. The SMILES string of the molecule is Cn1c(=O)cc(C(=O)Nc2ncc(Cc3cccc(Cl)c3)s2)c2ccccc21. The third kappa shape index (κ3) is 3.69. The van der Waals surface area contributed by atoms with Crippen LogP contribution in [0.3, 0.4) is 0 Å². The summed E-state index contributed by atoms with van der Waals surface area (Å²) in [6, 6.07) is 16.3. The number of para-hydroxylation sites is 1. The molecule has 0 unspecified atom stereocenters. The fourth-order valence-electron chi connectivity index (χ4n) is 3.06. The highest BCUT2D eigenvalue weighted by Crippen LogP contribution is 2.24.